The van der Waals surface area contributed by atoms with Crippen molar-refractivity contribution in [1.29, 1.82) is 5.26 Å². The summed E-state index contributed by atoms with van der Waals surface area (Å²) in [6.07, 6.45) is 3.67. The van der Waals surface area contributed by atoms with Crippen molar-refractivity contribution >= 4 is 17.7 Å². The Labute approximate surface area is 177 Å². The average molecular weight is 407 g/mol. The summed E-state index contributed by atoms with van der Waals surface area (Å²) in [6.45, 7) is 4.71. The Morgan fingerprint density at radius 3 is 2.47 bits per heavy atom. The fourth-order valence-electron chi connectivity index (χ4n) is 3.33. The second kappa shape index (κ2) is 10.4. The van der Waals surface area contributed by atoms with Crippen LogP contribution < -0.4 is 9.64 Å². The van der Waals surface area contributed by atoms with E-state index in [9.17, 15) is 14.4 Å². The van der Waals surface area contributed by atoms with E-state index in [-0.39, 0.29) is 17.3 Å². The maximum atomic E-state index is 14.0. The molecule has 0 aromatic heterocycles. The Bertz CT molecular complexity index is 926. The average Bonchev–Trinajstić information content (AvgIpc) is 2.79. The van der Waals surface area contributed by atoms with Gasteiger partial charge < -0.3 is 14.5 Å². The zero-order valence-electron chi connectivity index (χ0n) is 17.2. The lowest BCUT2D eigenvalue weighted by Crippen LogP contribution is -2.49. The number of unbranched alkanes of at least 4 members (excludes halogenated alkanes) is 1. The molecule has 1 heterocycles. The molecule has 0 atom stereocenters. The fourth-order valence-corrected chi connectivity index (χ4v) is 3.33. The molecule has 1 saturated heterocycles. The molecule has 3 rings (SSSR count). The zero-order valence-corrected chi connectivity index (χ0v) is 17.2. The largest absolute Gasteiger partial charge is 0.494 e. The van der Waals surface area contributed by atoms with E-state index in [0.717, 1.165) is 24.2 Å². The van der Waals surface area contributed by atoms with Crippen LogP contribution in [0.4, 0.5) is 10.1 Å². The van der Waals surface area contributed by atoms with Crippen LogP contribution >= 0.6 is 0 Å². The maximum Gasteiger partial charge on any atom is 0.264 e. The molecular weight excluding hydrogens is 381 g/mol. The molecule has 0 bridgehead atoms. The molecule has 0 saturated carbocycles. The van der Waals surface area contributed by atoms with Gasteiger partial charge >= 0.3 is 0 Å². The van der Waals surface area contributed by atoms with E-state index in [1.54, 1.807) is 29.2 Å². The van der Waals surface area contributed by atoms with Crippen LogP contribution in [-0.2, 0) is 4.79 Å². The standard InChI is InChI=1S/C24H26FN3O2/c1-2-3-16-30-21-10-8-19(9-11-21)17-20(18-26)24(29)28-14-12-27(13-15-28)23-7-5-4-6-22(23)25/h4-11,17H,2-3,12-16H2,1H3/b20-17+. The van der Waals surface area contributed by atoms with Crippen molar-refractivity contribution < 1.29 is 13.9 Å². The Morgan fingerprint density at radius 2 is 1.83 bits per heavy atom. The molecule has 2 aromatic carbocycles. The summed E-state index contributed by atoms with van der Waals surface area (Å²) < 4.78 is 19.6. The number of ether oxygens (including phenoxy) is 1. The number of piperazine rings is 1. The van der Waals surface area contributed by atoms with Gasteiger partial charge in [-0.15, -0.1) is 0 Å². The minimum atomic E-state index is -0.297. The molecule has 0 aliphatic carbocycles. The van der Waals surface area contributed by atoms with Crippen LogP contribution in [0.25, 0.3) is 6.08 Å². The Balaban J connectivity index is 1.61. The number of rotatable bonds is 7. The molecule has 1 aliphatic rings. The monoisotopic (exact) mass is 407 g/mol. The highest BCUT2D eigenvalue weighted by Gasteiger charge is 2.24. The Morgan fingerprint density at radius 1 is 1.13 bits per heavy atom. The van der Waals surface area contributed by atoms with Crippen LogP contribution in [-0.4, -0.2) is 43.6 Å². The van der Waals surface area contributed by atoms with Crippen molar-refractivity contribution in [2.75, 3.05) is 37.7 Å². The van der Waals surface area contributed by atoms with Crippen LogP contribution in [0.15, 0.2) is 54.1 Å². The van der Waals surface area contributed by atoms with Gasteiger partial charge in [0.1, 0.15) is 23.2 Å². The lowest BCUT2D eigenvalue weighted by atomic mass is 10.1. The number of hydrogen-bond donors (Lipinski definition) is 0. The zero-order chi connectivity index (χ0) is 21.3. The van der Waals surface area contributed by atoms with Gasteiger partial charge in [-0.2, -0.15) is 5.26 Å². The SMILES string of the molecule is CCCCOc1ccc(/C=C(\C#N)C(=O)N2CCN(c3ccccc3F)CC2)cc1. The number of benzene rings is 2. The number of anilines is 1. The quantitative estimate of drug-likeness (QED) is 0.391. The molecule has 156 valence electrons. The number of para-hydroxylation sites is 1. The van der Waals surface area contributed by atoms with E-state index in [4.69, 9.17) is 4.74 Å². The first-order valence-electron chi connectivity index (χ1n) is 10.3. The number of amides is 1. The first kappa shape index (κ1) is 21.4. The van der Waals surface area contributed by atoms with E-state index in [2.05, 4.69) is 6.92 Å². The molecule has 1 fully saturated rings. The minimum Gasteiger partial charge on any atom is -0.494 e. The molecule has 5 nitrogen and oxygen atoms in total. The van der Waals surface area contributed by atoms with E-state index < -0.39 is 0 Å². The number of halogens is 1. The third-order valence-corrected chi connectivity index (χ3v) is 5.07. The molecule has 0 unspecified atom stereocenters. The topological polar surface area (TPSA) is 56.6 Å². The van der Waals surface area contributed by atoms with Crippen LogP contribution in [0.1, 0.15) is 25.3 Å². The van der Waals surface area contributed by atoms with E-state index in [0.29, 0.717) is 38.5 Å². The molecule has 30 heavy (non-hydrogen) atoms. The van der Waals surface area contributed by atoms with Gasteiger partial charge in [-0.05, 0) is 42.3 Å². The van der Waals surface area contributed by atoms with Gasteiger partial charge in [0.25, 0.3) is 5.91 Å². The number of nitrogens with zero attached hydrogens (tertiary/aromatic N) is 3. The normalized spacial score (nSPS) is 14.4. The van der Waals surface area contributed by atoms with Crippen LogP contribution in [0.2, 0.25) is 0 Å². The third-order valence-electron chi connectivity index (χ3n) is 5.07. The number of hydrogen-bond acceptors (Lipinski definition) is 4. The van der Waals surface area contributed by atoms with E-state index in [1.807, 2.05) is 35.2 Å². The highest BCUT2D eigenvalue weighted by molar-refractivity contribution is 6.01. The van der Waals surface area contributed by atoms with Gasteiger partial charge in [0.15, 0.2) is 0 Å². The van der Waals surface area contributed by atoms with Gasteiger partial charge in [0.2, 0.25) is 0 Å². The highest BCUT2D eigenvalue weighted by atomic mass is 19.1. The number of nitriles is 1. The minimum absolute atomic E-state index is 0.0917. The summed E-state index contributed by atoms with van der Waals surface area (Å²) in [7, 11) is 0. The Hall–Kier alpha value is -3.33. The lowest BCUT2D eigenvalue weighted by molar-refractivity contribution is -0.126. The molecular formula is C24H26FN3O2. The Kier molecular flexibility index (Phi) is 7.45. The molecule has 6 heteroatoms. The maximum absolute atomic E-state index is 14.0. The van der Waals surface area contributed by atoms with Crippen molar-refractivity contribution in [2.45, 2.75) is 19.8 Å². The first-order chi connectivity index (χ1) is 14.6. The van der Waals surface area contributed by atoms with Crippen LogP contribution in [0.5, 0.6) is 5.75 Å². The van der Waals surface area contributed by atoms with Gasteiger partial charge in [-0.1, -0.05) is 37.6 Å². The summed E-state index contributed by atoms with van der Waals surface area (Å²) >= 11 is 0. The van der Waals surface area contributed by atoms with Crippen molar-refractivity contribution in [3.63, 3.8) is 0 Å². The lowest BCUT2D eigenvalue weighted by Gasteiger charge is -2.36. The molecule has 2 aromatic rings. The molecule has 1 aliphatic heterocycles. The smallest absolute Gasteiger partial charge is 0.264 e. The number of carbonyl (C=O) groups is 1. The summed E-state index contributed by atoms with van der Waals surface area (Å²) in [5.74, 6) is 0.209. The van der Waals surface area contributed by atoms with Crippen molar-refractivity contribution in [2.24, 2.45) is 0 Å². The number of carbonyl (C=O) groups excluding carboxylic acids is 1. The second-order valence-corrected chi connectivity index (χ2v) is 7.17. The summed E-state index contributed by atoms with van der Waals surface area (Å²) in [5, 5.41) is 9.50. The summed E-state index contributed by atoms with van der Waals surface area (Å²) in [4.78, 5) is 16.4. The third kappa shape index (κ3) is 5.38. The molecule has 1 amide bonds. The predicted octanol–water partition coefficient (Wildman–Crippen LogP) is 4.26. The molecule has 0 radical (unpaired) electrons. The van der Waals surface area contributed by atoms with E-state index in [1.165, 1.54) is 6.07 Å². The fraction of sp³-hybridized carbons (Fsp3) is 0.333. The van der Waals surface area contributed by atoms with Gasteiger partial charge in [0, 0.05) is 26.2 Å². The van der Waals surface area contributed by atoms with Gasteiger partial charge in [-0.25, -0.2) is 4.39 Å². The summed E-state index contributed by atoms with van der Waals surface area (Å²) in [5.41, 5.74) is 1.41. The molecule has 0 N–H and O–H groups in total. The van der Waals surface area contributed by atoms with Crippen molar-refractivity contribution in [1.82, 2.24) is 4.90 Å². The van der Waals surface area contributed by atoms with Crippen LogP contribution in [0, 0.1) is 17.1 Å². The molecule has 0 spiro atoms. The van der Waals surface area contributed by atoms with Crippen molar-refractivity contribution in [3.8, 4) is 11.8 Å². The first-order valence-corrected chi connectivity index (χ1v) is 10.3. The van der Waals surface area contributed by atoms with Gasteiger partial charge in [-0.3, -0.25) is 4.79 Å². The highest BCUT2D eigenvalue weighted by Crippen LogP contribution is 2.21. The summed E-state index contributed by atoms with van der Waals surface area (Å²) in [6, 6.07) is 16.0. The van der Waals surface area contributed by atoms with Gasteiger partial charge in [0.05, 0.1) is 12.3 Å². The van der Waals surface area contributed by atoms with E-state index >= 15 is 0 Å². The van der Waals surface area contributed by atoms with Crippen LogP contribution in [0.3, 0.4) is 0 Å². The predicted molar refractivity (Wildman–Crippen MR) is 116 cm³/mol. The second-order valence-electron chi connectivity index (χ2n) is 7.17. The van der Waals surface area contributed by atoms with Crippen molar-refractivity contribution in [3.05, 3.63) is 65.5 Å².